The van der Waals surface area contributed by atoms with E-state index in [0.717, 1.165) is 39.0 Å². The highest BCUT2D eigenvalue weighted by molar-refractivity contribution is 5.86. The van der Waals surface area contributed by atoms with E-state index in [1.165, 1.54) is 12.1 Å². The van der Waals surface area contributed by atoms with Gasteiger partial charge in [0.15, 0.2) is 5.82 Å². The van der Waals surface area contributed by atoms with Crippen LogP contribution in [0.3, 0.4) is 0 Å². The van der Waals surface area contributed by atoms with Crippen LogP contribution in [-0.4, -0.2) is 26.2 Å². The first-order valence-electron chi connectivity index (χ1n) is 8.39. The van der Waals surface area contributed by atoms with Crippen molar-refractivity contribution in [2.24, 2.45) is 0 Å². The van der Waals surface area contributed by atoms with Crippen molar-refractivity contribution in [1.82, 2.24) is 4.58 Å². The van der Waals surface area contributed by atoms with Crippen molar-refractivity contribution >= 4 is 16.7 Å². The third-order valence-corrected chi connectivity index (χ3v) is 5.08. The predicted octanol–water partition coefficient (Wildman–Crippen LogP) is 3.20. The minimum atomic E-state index is -0.255. The standard InChI is InChI=1S/C19H17F2N2O/c20-14-8-12-7-13-9-15(21)17(23-5-2-6-23)11-19(13)24-18(12)10-16(14)22-3-1-4-22/h7-11H,1-6H2/q+1. The van der Waals surface area contributed by atoms with Gasteiger partial charge in [-0.3, -0.25) is 0 Å². The van der Waals surface area contributed by atoms with Crippen LogP contribution in [0.2, 0.25) is 0 Å². The number of hydrogen-bond donors (Lipinski definition) is 0. The van der Waals surface area contributed by atoms with Gasteiger partial charge < -0.3 is 9.32 Å². The number of nitrogens with zero attached hydrogens (tertiary/aromatic N) is 2. The summed E-state index contributed by atoms with van der Waals surface area (Å²) in [5.74, 6) is 0.121. The van der Waals surface area contributed by atoms with Crippen molar-refractivity contribution in [1.29, 1.82) is 0 Å². The van der Waals surface area contributed by atoms with Crippen LogP contribution in [-0.2, 0) is 0 Å². The molecular weight excluding hydrogens is 310 g/mol. The number of halogens is 2. The van der Waals surface area contributed by atoms with E-state index in [-0.39, 0.29) is 11.6 Å². The molecule has 0 spiro atoms. The summed E-state index contributed by atoms with van der Waals surface area (Å²) in [7, 11) is 0. The maximum Gasteiger partial charge on any atom is 0.239 e. The maximum absolute atomic E-state index is 14.3. The van der Waals surface area contributed by atoms with Gasteiger partial charge in [0.2, 0.25) is 5.36 Å². The van der Waals surface area contributed by atoms with Crippen LogP contribution in [0.4, 0.5) is 14.5 Å². The van der Waals surface area contributed by atoms with E-state index in [4.69, 9.17) is 4.42 Å². The molecule has 1 aromatic carbocycles. The van der Waals surface area contributed by atoms with Gasteiger partial charge in [-0.25, -0.2) is 8.97 Å². The first-order chi connectivity index (χ1) is 11.7. The van der Waals surface area contributed by atoms with E-state index >= 15 is 0 Å². The molecule has 24 heavy (non-hydrogen) atoms. The highest BCUT2D eigenvalue weighted by Crippen LogP contribution is 2.33. The highest BCUT2D eigenvalue weighted by Gasteiger charge is 2.23. The summed E-state index contributed by atoms with van der Waals surface area (Å²) in [6.07, 6.45) is 2.18. The van der Waals surface area contributed by atoms with Gasteiger partial charge in [0, 0.05) is 30.1 Å². The monoisotopic (exact) mass is 327 g/mol. The second kappa shape index (κ2) is 5.03. The molecule has 0 unspecified atom stereocenters. The molecule has 3 heterocycles. The average molecular weight is 327 g/mol. The molecule has 4 aliphatic rings. The zero-order valence-electron chi connectivity index (χ0n) is 13.2. The quantitative estimate of drug-likeness (QED) is 0.505. The Labute approximate surface area is 137 Å². The molecule has 0 bridgehead atoms. The summed E-state index contributed by atoms with van der Waals surface area (Å²) in [6.45, 7) is 3.50. The fourth-order valence-corrected chi connectivity index (χ4v) is 3.40. The summed E-state index contributed by atoms with van der Waals surface area (Å²) in [4.78, 5) is 2.00. The molecule has 0 aromatic heterocycles. The second-order valence-corrected chi connectivity index (χ2v) is 6.61. The minimum Gasteiger partial charge on any atom is -0.456 e. The van der Waals surface area contributed by atoms with Gasteiger partial charge in [-0.1, -0.05) is 0 Å². The van der Waals surface area contributed by atoms with E-state index in [0.29, 0.717) is 33.3 Å². The van der Waals surface area contributed by atoms with Crippen LogP contribution >= 0.6 is 0 Å². The van der Waals surface area contributed by atoms with Crippen molar-refractivity contribution in [3.8, 4) is 11.3 Å². The van der Waals surface area contributed by atoms with Gasteiger partial charge in [0.1, 0.15) is 30.3 Å². The summed E-state index contributed by atoms with van der Waals surface area (Å²) < 4.78 is 36.7. The van der Waals surface area contributed by atoms with E-state index in [1.54, 1.807) is 18.2 Å². The van der Waals surface area contributed by atoms with Gasteiger partial charge in [-0.2, -0.15) is 4.39 Å². The third kappa shape index (κ3) is 2.04. The van der Waals surface area contributed by atoms with Crippen molar-refractivity contribution < 1.29 is 13.2 Å². The SMILES string of the molecule is Fc1cc2cc3cc(F)c(=[N+]4CCC4)cc-3oc2cc1N1CCC1. The Morgan fingerprint density at radius 2 is 1.75 bits per heavy atom. The second-order valence-electron chi connectivity index (χ2n) is 6.61. The van der Waals surface area contributed by atoms with E-state index in [1.807, 2.05) is 9.48 Å². The Kier molecular flexibility index (Phi) is 2.93. The third-order valence-electron chi connectivity index (χ3n) is 5.08. The van der Waals surface area contributed by atoms with Gasteiger partial charge >= 0.3 is 0 Å². The van der Waals surface area contributed by atoms with Gasteiger partial charge in [0.05, 0.1) is 18.2 Å². The number of hydrogen-bond acceptors (Lipinski definition) is 2. The lowest BCUT2D eigenvalue weighted by atomic mass is 10.1. The molecule has 1 aromatic rings. The van der Waals surface area contributed by atoms with Crippen LogP contribution < -0.4 is 14.8 Å². The molecule has 5 rings (SSSR count). The number of anilines is 1. The Hall–Kier alpha value is -2.43. The Morgan fingerprint density at radius 3 is 2.42 bits per heavy atom. The molecule has 0 amide bonds. The molecular formula is C19H17F2N2O+. The lowest BCUT2D eigenvalue weighted by Crippen LogP contribution is -2.42. The molecule has 5 heteroatoms. The summed E-state index contributed by atoms with van der Waals surface area (Å²) in [5, 5.41) is 1.24. The molecule has 122 valence electrons. The van der Waals surface area contributed by atoms with Crippen molar-refractivity contribution in [3.05, 3.63) is 47.3 Å². The van der Waals surface area contributed by atoms with Crippen molar-refractivity contribution in [2.75, 3.05) is 31.1 Å². The fourth-order valence-electron chi connectivity index (χ4n) is 3.40. The van der Waals surface area contributed by atoms with Crippen LogP contribution in [0.15, 0.2) is 34.7 Å². The van der Waals surface area contributed by atoms with Gasteiger partial charge in [-0.05, 0) is 24.6 Å². The first-order valence-corrected chi connectivity index (χ1v) is 8.39. The summed E-state index contributed by atoms with van der Waals surface area (Å²) in [6, 6.07) is 8.27. The lowest BCUT2D eigenvalue weighted by Gasteiger charge is -2.33. The largest absolute Gasteiger partial charge is 0.456 e. The topological polar surface area (TPSA) is 19.4 Å². The molecule has 0 radical (unpaired) electrons. The molecule has 3 aliphatic heterocycles. The summed E-state index contributed by atoms with van der Waals surface area (Å²) >= 11 is 0. The van der Waals surface area contributed by atoms with Crippen LogP contribution in [0, 0.1) is 11.6 Å². The number of fused-ring (bicyclic) bond motifs is 2. The Bertz CT molecular complexity index is 998. The van der Waals surface area contributed by atoms with E-state index in [2.05, 4.69) is 0 Å². The van der Waals surface area contributed by atoms with Crippen molar-refractivity contribution in [3.63, 3.8) is 0 Å². The molecule has 2 saturated heterocycles. The zero-order valence-corrected chi connectivity index (χ0v) is 13.2. The molecule has 0 saturated carbocycles. The van der Waals surface area contributed by atoms with Crippen LogP contribution in [0.25, 0.3) is 22.3 Å². The molecule has 0 atom stereocenters. The molecule has 3 nitrogen and oxygen atoms in total. The van der Waals surface area contributed by atoms with Gasteiger partial charge in [-0.15, -0.1) is 0 Å². The minimum absolute atomic E-state index is 0.255. The predicted molar refractivity (Wildman–Crippen MR) is 89.2 cm³/mol. The normalized spacial score (nSPS) is 17.2. The smallest absolute Gasteiger partial charge is 0.239 e. The highest BCUT2D eigenvalue weighted by atomic mass is 19.1. The Morgan fingerprint density at radius 1 is 0.917 bits per heavy atom. The van der Waals surface area contributed by atoms with E-state index in [9.17, 15) is 8.78 Å². The van der Waals surface area contributed by atoms with Gasteiger partial charge in [0.25, 0.3) is 0 Å². The van der Waals surface area contributed by atoms with Crippen LogP contribution in [0.5, 0.6) is 0 Å². The zero-order chi connectivity index (χ0) is 16.3. The van der Waals surface area contributed by atoms with Crippen LogP contribution in [0.1, 0.15) is 12.8 Å². The first kappa shape index (κ1) is 14.0. The maximum atomic E-state index is 14.3. The number of benzene rings is 2. The Balaban J connectivity index is 1.75. The molecule has 1 aliphatic carbocycles. The summed E-state index contributed by atoms with van der Waals surface area (Å²) in [5.41, 5.74) is 1.87. The van der Waals surface area contributed by atoms with Crippen molar-refractivity contribution in [2.45, 2.75) is 12.8 Å². The van der Waals surface area contributed by atoms with E-state index < -0.39 is 0 Å². The number of rotatable bonds is 1. The molecule has 2 fully saturated rings. The molecule has 0 N–H and O–H groups in total. The fraction of sp³-hybridized carbons (Fsp3) is 0.316. The lowest BCUT2D eigenvalue weighted by molar-refractivity contribution is 0.417. The average Bonchev–Trinajstić information content (AvgIpc) is 2.44.